The van der Waals surface area contributed by atoms with Crippen LogP contribution < -0.4 is 14.8 Å². The lowest BCUT2D eigenvalue weighted by atomic mass is 9.71. The Labute approximate surface area is 190 Å². The van der Waals surface area contributed by atoms with Crippen LogP contribution in [-0.4, -0.2) is 25.7 Å². The van der Waals surface area contributed by atoms with Gasteiger partial charge in [-0.2, -0.15) is 0 Å². The Morgan fingerprint density at radius 3 is 2.69 bits per heavy atom. The summed E-state index contributed by atoms with van der Waals surface area (Å²) in [6.45, 7) is 1.98. The Morgan fingerprint density at radius 2 is 1.91 bits per heavy atom. The number of halogens is 1. The van der Waals surface area contributed by atoms with Crippen LogP contribution in [0.25, 0.3) is 0 Å². The van der Waals surface area contributed by atoms with Crippen LogP contribution in [0.3, 0.4) is 0 Å². The van der Waals surface area contributed by atoms with Gasteiger partial charge in [-0.1, -0.05) is 35.9 Å². The van der Waals surface area contributed by atoms with Crippen LogP contribution in [0.1, 0.15) is 42.7 Å². The van der Waals surface area contributed by atoms with Crippen molar-refractivity contribution in [2.75, 3.05) is 13.9 Å². The molecule has 0 saturated heterocycles. The lowest BCUT2D eigenvalue weighted by Crippen LogP contribution is -2.36. The molecule has 6 nitrogen and oxygen atoms in total. The largest absolute Gasteiger partial charge is 0.466 e. The van der Waals surface area contributed by atoms with Crippen LogP contribution in [-0.2, 0) is 14.3 Å². The van der Waals surface area contributed by atoms with E-state index in [1.807, 2.05) is 49.4 Å². The quantitative estimate of drug-likeness (QED) is 0.687. The van der Waals surface area contributed by atoms with Crippen molar-refractivity contribution in [2.45, 2.75) is 31.6 Å². The summed E-state index contributed by atoms with van der Waals surface area (Å²) >= 11 is 6.43. The number of carbonyl (C=O) groups is 2. The average Bonchev–Trinajstić information content (AvgIpc) is 3.25. The van der Waals surface area contributed by atoms with Gasteiger partial charge in [0, 0.05) is 34.3 Å². The fourth-order valence-corrected chi connectivity index (χ4v) is 5.16. The Morgan fingerprint density at radius 1 is 1.12 bits per heavy atom. The summed E-state index contributed by atoms with van der Waals surface area (Å²) in [5, 5.41) is 3.98. The number of ketones is 1. The third-order valence-corrected chi connectivity index (χ3v) is 6.65. The Hall–Kier alpha value is -3.25. The maximum Gasteiger partial charge on any atom is 0.336 e. The second-order valence-corrected chi connectivity index (χ2v) is 8.55. The van der Waals surface area contributed by atoms with Gasteiger partial charge >= 0.3 is 5.97 Å². The first-order chi connectivity index (χ1) is 15.5. The molecule has 2 aromatic rings. The number of ether oxygens (including phenoxy) is 3. The maximum absolute atomic E-state index is 13.5. The Balaban J connectivity index is 1.61. The number of hydrogen-bond acceptors (Lipinski definition) is 6. The molecule has 164 valence electrons. The van der Waals surface area contributed by atoms with Crippen molar-refractivity contribution in [2.24, 2.45) is 0 Å². The molecule has 0 fully saturated rings. The number of Topliss-reactive ketones (excluding diaryl/α,β-unsaturated/α-hetero) is 1. The van der Waals surface area contributed by atoms with Gasteiger partial charge in [-0.3, -0.25) is 4.79 Å². The van der Waals surface area contributed by atoms with E-state index < -0.39 is 11.9 Å². The monoisotopic (exact) mass is 451 g/mol. The zero-order valence-corrected chi connectivity index (χ0v) is 18.5. The Kier molecular flexibility index (Phi) is 5.18. The van der Waals surface area contributed by atoms with Crippen molar-refractivity contribution < 1.29 is 23.8 Å². The molecule has 0 saturated carbocycles. The van der Waals surface area contributed by atoms with E-state index >= 15 is 0 Å². The van der Waals surface area contributed by atoms with Crippen molar-refractivity contribution in [1.82, 2.24) is 5.32 Å². The highest BCUT2D eigenvalue weighted by atomic mass is 35.5. The third kappa shape index (κ3) is 3.35. The van der Waals surface area contributed by atoms with Crippen molar-refractivity contribution >= 4 is 23.4 Å². The van der Waals surface area contributed by atoms with Crippen molar-refractivity contribution in [3.63, 3.8) is 0 Å². The number of benzene rings is 2. The highest BCUT2D eigenvalue weighted by Crippen LogP contribution is 2.48. The van der Waals surface area contributed by atoms with Crippen LogP contribution in [0.4, 0.5) is 0 Å². The van der Waals surface area contributed by atoms with Gasteiger partial charge in [0.15, 0.2) is 17.3 Å². The summed E-state index contributed by atoms with van der Waals surface area (Å²) in [5.41, 5.74) is 4.25. The first-order valence-corrected chi connectivity index (χ1v) is 10.8. The van der Waals surface area contributed by atoms with Crippen LogP contribution in [0.2, 0.25) is 5.02 Å². The van der Waals surface area contributed by atoms with E-state index in [1.54, 1.807) is 0 Å². The molecule has 2 heterocycles. The van der Waals surface area contributed by atoms with E-state index in [2.05, 4.69) is 5.32 Å². The topological polar surface area (TPSA) is 73.9 Å². The molecule has 1 N–H and O–H groups in total. The third-order valence-electron chi connectivity index (χ3n) is 6.31. The summed E-state index contributed by atoms with van der Waals surface area (Å²) in [4.78, 5) is 26.3. The number of hydrogen-bond donors (Lipinski definition) is 1. The number of esters is 1. The average molecular weight is 452 g/mol. The molecular formula is C25H22ClNO5. The molecule has 2 atom stereocenters. The first kappa shape index (κ1) is 20.6. The second-order valence-electron chi connectivity index (χ2n) is 8.14. The van der Waals surface area contributed by atoms with Crippen molar-refractivity contribution in [3.05, 3.63) is 81.2 Å². The molecule has 7 heteroatoms. The van der Waals surface area contributed by atoms with E-state index in [0.717, 1.165) is 16.8 Å². The zero-order valence-electron chi connectivity index (χ0n) is 17.7. The van der Waals surface area contributed by atoms with E-state index in [4.69, 9.17) is 25.8 Å². The fraction of sp³-hybridized carbons (Fsp3) is 0.280. The van der Waals surface area contributed by atoms with Crippen molar-refractivity contribution in [3.8, 4) is 11.5 Å². The van der Waals surface area contributed by atoms with Gasteiger partial charge in [-0.15, -0.1) is 0 Å². The summed E-state index contributed by atoms with van der Waals surface area (Å²) in [7, 11) is 1.35. The van der Waals surface area contributed by atoms with Crippen molar-refractivity contribution in [1.29, 1.82) is 0 Å². The van der Waals surface area contributed by atoms with Crippen LogP contribution in [0, 0.1) is 0 Å². The highest BCUT2D eigenvalue weighted by molar-refractivity contribution is 6.31. The Bertz CT molecular complexity index is 1200. The van der Waals surface area contributed by atoms with E-state index in [-0.39, 0.29) is 18.5 Å². The number of nitrogens with one attached hydrogen (secondary N) is 1. The minimum atomic E-state index is -0.548. The standard InChI is InChI=1S/C25H22ClNO5/c1-13-22(25(29)30-2)23(14-7-8-20-21(11-14)32-12-31-20)24-18(27-13)9-15(10-19(24)28)16-5-3-4-6-17(16)26/h3-8,11,15,23,27H,9-10,12H2,1-2H3/t15-,23-/m1/s1. The van der Waals surface area contributed by atoms with Gasteiger partial charge in [-0.05, 0) is 48.6 Å². The van der Waals surface area contributed by atoms with E-state index in [9.17, 15) is 9.59 Å². The molecule has 5 rings (SSSR count). The summed E-state index contributed by atoms with van der Waals surface area (Å²) in [5.74, 6) is 0.180. The molecule has 0 unspecified atom stereocenters. The van der Waals surface area contributed by atoms with Crippen LogP contribution >= 0.6 is 11.6 Å². The number of methoxy groups -OCH3 is 1. The van der Waals surface area contributed by atoms with Gasteiger partial charge in [0.25, 0.3) is 0 Å². The molecule has 1 aliphatic carbocycles. The molecule has 2 aromatic carbocycles. The molecular weight excluding hydrogens is 430 g/mol. The number of allylic oxidation sites excluding steroid dienone is 3. The van der Waals surface area contributed by atoms with E-state index in [1.165, 1.54) is 7.11 Å². The zero-order chi connectivity index (χ0) is 22.4. The van der Waals surface area contributed by atoms with E-state index in [0.29, 0.717) is 46.2 Å². The minimum Gasteiger partial charge on any atom is -0.466 e. The second kappa shape index (κ2) is 8.02. The smallest absolute Gasteiger partial charge is 0.336 e. The molecule has 3 aliphatic rings. The molecule has 0 spiro atoms. The molecule has 32 heavy (non-hydrogen) atoms. The first-order valence-electron chi connectivity index (χ1n) is 10.4. The number of fused-ring (bicyclic) bond motifs is 1. The molecule has 2 aliphatic heterocycles. The van der Waals surface area contributed by atoms with Gasteiger partial charge in [0.05, 0.1) is 12.7 Å². The number of carbonyl (C=O) groups excluding carboxylic acids is 2. The minimum absolute atomic E-state index is 0.0137. The number of dihydropyridines is 1. The SMILES string of the molecule is COC(=O)C1=C(C)NC2=C(C(=O)C[C@H](c3ccccc3Cl)C2)[C@@H]1c1ccc2c(c1)OCO2. The summed E-state index contributed by atoms with van der Waals surface area (Å²) in [6.07, 6.45) is 0.941. The molecule has 0 aromatic heterocycles. The van der Waals surface area contributed by atoms with Gasteiger partial charge in [0.2, 0.25) is 6.79 Å². The predicted molar refractivity (Wildman–Crippen MR) is 119 cm³/mol. The molecule has 0 radical (unpaired) electrons. The maximum atomic E-state index is 13.5. The van der Waals surface area contributed by atoms with Crippen LogP contribution in [0.15, 0.2) is 65.0 Å². The lowest BCUT2D eigenvalue weighted by Gasteiger charge is -2.36. The lowest BCUT2D eigenvalue weighted by molar-refractivity contribution is -0.136. The van der Waals surface area contributed by atoms with Gasteiger partial charge < -0.3 is 19.5 Å². The predicted octanol–water partition coefficient (Wildman–Crippen LogP) is 4.60. The van der Waals surface area contributed by atoms with Gasteiger partial charge in [0.1, 0.15) is 0 Å². The summed E-state index contributed by atoms with van der Waals surface area (Å²) in [6, 6.07) is 13.1. The van der Waals surface area contributed by atoms with Gasteiger partial charge in [-0.25, -0.2) is 4.79 Å². The fourth-order valence-electron chi connectivity index (χ4n) is 4.87. The van der Waals surface area contributed by atoms with Crippen LogP contribution in [0.5, 0.6) is 11.5 Å². The highest BCUT2D eigenvalue weighted by Gasteiger charge is 2.42. The summed E-state index contributed by atoms with van der Waals surface area (Å²) < 4.78 is 16.1. The normalized spacial score (nSPS) is 21.9. The molecule has 0 bridgehead atoms. The number of rotatable bonds is 3. The molecule has 0 amide bonds.